The van der Waals surface area contributed by atoms with E-state index in [2.05, 4.69) is 0 Å². The lowest BCUT2D eigenvalue weighted by atomic mass is 9.42. The Kier molecular flexibility index (Phi) is 9.51. The van der Waals surface area contributed by atoms with Gasteiger partial charge in [-0.05, 0) is 49.4 Å². The summed E-state index contributed by atoms with van der Waals surface area (Å²) in [6.45, 7) is 16.3. The molecule has 9 heteroatoms. The van der Waals surface area contributed by atoms with E-state index in [9.17, 15) is 33.9 Å². The van der Waals surface area contributed by atoms with Gasteiger partial charge in [0.15, 0.2) is 11.9 Å². The molecule has 0 aromatic carbocycles. The minimum Gasteiger partial charge on any atom is -0.465 e. The highest BCUT2D eigenvalue weighted by Gasteiger charge is 2.74. The smallest absolute Gasteiger partial charge is 0.309 e. The second kappa shape index (κ2) is 12.2. The Morgan fingerprint density at radius 3 is 2.22 bits per heavy atom. The number of carbonyl (C=O) groups is 6. The second-order valence-electron chi connectivity index (χ2n) is 15.6. The minimum absolute atomic E-state index is 0.00851. The third-order valence-corrected chi connectivity index (χ3v) is 12.5. The van der Waals surface area contributed by atoms with Crippen molar-refractivity contribution in [2.75, 3.05) is 6.61 Å². The SMILES string of the molecule is CCCCOC(=O)C(C)CC(=O)C[C@@H](C)[C@H]1CC(=O)[C@@]2(C)C3=C(C(=O)[C@@H](OC(C)=O)[C@]12C)[C@@]1(C)CC[C@H](O)C(C)(C)[C@@H]1CC3=O. The van der Waals surface area contributed by atoms with Gasteiger partial charge in [0.1, 0.15) is 11.6 Å². The van der Waals surface area contributed by atoms with Crippen molar-refractivity contribution >= 4 is 35.1 Å². The first-order valence-corrected chi connectivity index (χ1v) is 16.7. The molecule has 250 valence electrons. The van der Waals surface area contributed by atoms with Crippen LogP contribution in [0.2, 0.25) is 0 Å². The van der Waals surface area contributed by atoms with E-state index in [4.69, 9.17) is 9.47 Å². The molecule has 4 rings (SSSR count). The standard InChI is InChI=1S/C36H52O9/c1-10-11-14-44-32(43)20(3)16-22(38)15-19(2)23-17-27(41)36(9)28-24(39)18-25-33(5,6)26(40)12-13-34(25,7)29(28)30(42)31(35(23,36)8)45-21(4)37/h19-20,23,25-26,31,40H,10-18H2,1-9H3/t19-,20?,23-,25+,26+,31-,34+,35+,36+/m1/s1. The Hall–Kier alpha value is -2.68. The monoisotopic (exact) mass is 628 g/mol. The number of unbranched alkanes of at least 4 members (excludes halogenated alkanes) is 1. The third kappa shape index (κ3) is 5.35. The van der Waals surface area contributed by atoms with Crippen molar-refractivity contribution in [2.45, 2.75) is 126 Å². The number of ether oxygens (including phenoxy) is 2. The maximum atomic E-state index is 14.7. The Morgan fingerprint density at radius 1 is 0.978 bits per heavy atom. The van der Waals surface area contributed by atoms with Gasteiger partial charge in [-0.25, -0.2) is 0 Å². The summed E-state index contributed by atoms with van der Waals surface area (Å²) in [5.74, 6) is -4.08. The molecule has 0 saturated heterocycles. The summed E-state index contributed by atoms with van der Waals surface area (Å²) < 4.78 is 11.1. The van der Waals surface area contributed by atoms with E-state index in [0.29, 0.717) is 19.4 Å². The van der Waals surface area contributed by atoms with Crippen LogP contribution in [0.15, 0.2) is 11.1 Å². The maximum absolute atomic E-state index is 14.7. The molecule has 0 aliphatic heterocycles. The fourth-order valence-electron chi connectivity index (χ4n) is 9.63. The molecule has 0 heterocycles. The van der Waals surface area contributed by atoms with Crippen LogP contribution in [-0.4, -0.2) is 59.0 Å². The van der Waals surface area contributed by atoms with Gasteiger partial charge in [0.05, 0.1) is 24.0 Å². The molecule has 0 aromatic heterocycles. The molecule has 0 spiro atoms. The quantitative estimate of drug-likeness (QED) is 0.257. The second-order valence-corrected chi connectivity index (χ2v) is 15.6. The molecular weight excluding hydrogens is 576 g/mol. The van der Waals surface area contributed by atoms with Gasteiger partial charge < -0.3 is 14.6 Å². The van der Waals surface area contributed by atoms with Crippen LogP contribution in [0.3, 0.4) is 0 Å². The van der Waals surface area contributed by atoms with E-state index in [0.717, 1.165) is 12.8 Å². The Balaban J connectivity index is 1.75. The highest BCUT2D eigenvalue weighted by Crippen LogP contribution is 2.70. The number of aliphatic hydroxyl groups is 1. The van der Waals surface area contributed by atoms with Crippen molar-refractivity contribution in [1.29, 1.82) is 0 Å². The van der Waals surface area contributed by atoms with Crippen molar-refractivity contribution in [3.63, 3.8) is 0 Å². The van der Waals surface area contributed by atoms with Crippen LogP contribution in [0.1, 0.15) is 114 Å². The maximum Gasteiger partial charge on any atom is 0.309 e. The molecule has 2 saturated carbocycles. The summed E-state index contributed by atoms with van der Waals surface area (Å²) in [6, 6.07) is 0. The van der Waals surface area contributed by atoms with Gasteiger partial charge in [0, 0.05) is 54.6 Å². The van der Waals surface area contributed by atoms with Crippen LogP contribution >= 0.6 is 0 Å². The third-order valence-electron chi connectivity index (χ3n) is 12.5. The van der Waals surface area contributed by atoms with Gasteiger partial charge in [0.2, 0.25) is 5.78 Å². The summed E-state index contributed by atoms with van der Waals surface area (Å²) >= 11 is 0. The van der Waals surface area contributed by atoms with Gasteiger partial charge in [-0.1, -0.05) is 54.9 Å². The number of esters is 2. The zero-order valence-corrected chi connectivity index (χ0v) is 28.5. The van der Waals surface area contributed by atoms with Gasteiger partial charge in [0.25, 0.3) is 0 Å². The van der Waals surface area contributed by atoms with Crippen LogP contribution in [0.4, 0.5) is 0 Å². The number of rotatable bonds is 10. The molecule has 0 aromatic rings. The number of hydrogen-bond acceptors (Lipinski definition) is 9. The number of carbonyl (C=O) groups excluding carboxylic acids is 6. The lowest BCUT2D eigenvalue weighted by molar-refractivity contribution is -0.176. The Bertz CT molecular complexity index is 1330. The molecule has 0 bridgehead atoms. The van der Waals surface area contributed by atoms with Gasteiger partial charge in [-0.2, -0.15) is 0 Å². The van der Waals surface area contributed by atoms with Gasteiger partial charge in [-0.3, -0.25) is 28.8 Å². The first-order chi connectivity index (χ1) is 20.8. The summed E-state index contributed by atoms with van der Waals surface area (Å²) in [4.78, 5) is 81.4. The van der Waals surface area contributed by atoms with Crippen molar-refractivity contribution < 1.29 is 43.3 Å². The van der Waals surface area contributed by atoms with E-state index in [1.54, 1.807) is 20.8 Å². The predicted octanol–water partition coefficient (Wildman–Crippen LogP) is 5.14. The largest absolute Gasteiger partial charge is 0.465 e. The van der Waals surface area contributed by atoms with E-state index in [-0.39, 0.29) is 60.1 Å². The number of allylic oxidation sites excluding steroid dienone is 1. The fraction of sp³-hybridized carbons (Fsp3) is 0.778. The van der Waals surface area contributed by atoms with E-state index < -0.39 is 69.3 Å². The molecule has 2 fully saturated rings. The molecule has 1 N–H and O–H groups in total. The van der Waals surface area contributed by atoms with E-state index >= 15 is 0 Å². The van der Waals surface area contributed by atoms with Crippen LogP contribution in [0.25, 0.3) is 0 Å². The van der Waals surface area contributed by atoms with Crippen molar-refractivity contribution in [1.82, 2.24) is 0 Å². The summed E-state index contributed by atoms with van der Waals surface area (Å²) in [6.07, 6.45) is 0.742. The van der Waals surface area contributed by atoms with Crippen LogP contribution in [0, 0.1) is 45.3 Å². The van der Waals surface area contributed by atoms with Gasteiger partial charge >= 0.3 is 11.9 Å². The highest BCUT2D eigenvalue weighted by atomic mass is 16.5. The number of Topliss-reactive ketones (excluding diaryl/α,β-unsaturated/α-hetero) is 4. The molecule has 1 unspecified atom stereocenters. The summed E-state index contributed by atoms with van der Waals surface area (Å²) in [5, 5.41) is 10.9. The fourth-order valence-corrected chi connectivity index (χ4v) is 9.63. The minimum atomic E-state index is -1.42. The zero-order chi connectivity index (χ0) is 33.9. The first-order valence-electron chi connectivity index (χ1n) is 16.7. The number of fused-ring (bicyclic) bond motifs is 4. The average Bonchev–Trinajstić information content (AvgIpc) is 3.16. The topological polar surface area (TPSA) is 141 Å². The van der Waals surface area contributed by atoms with E-state index in [1.165, 1.54) is 6.92 Å². The number of ketones is 4. The van der Waals surface area contributed by atoms with Crippen LogP contribution < -0.4 is 0 Å². The molecule has 4 aliphatic rings. The molecule has 45 heavy (non-hydrogen) atoms. The first kappa shape index (κ1) is 35.2. The lowest BCUT2D eigenvalue weighted by Gasteiger charge is -2.61. The highest BCUT2D eigenvalue weighted by molar-refractivity contribution is 6.18. The molecule has 4 aliphatic carbocycles. The lowest BCUT2D eigenvalue weighted by Crippen LogP contribution is -2.65. The zero-order valence-electron chi connectivity index (χ0n) is 28.5. The van der Waals surface area contributed by atoms with Crippen LogP contribution in [0.5, 0.6) is 0 Å². The van der Waals surface area contributed by atoms with E-state index in [1.807, 2.05) is 34.6 Å². The Labute approximate surface area is 267 Å². The number of aliphatic hydroxyl groups excluding tert-OH is 1. The van der Waals surface area contributed by atoms with Crippen LogP contribution in [-0.2, 0) is 38.2 Å². The Morgan fingerprint density at radius 2 is 1.62 bits per heavy atom. The van der Waals surface area contributed by atoms with Crippen molar-refractivity contribution in [2.24, 2.45) is 45.3 Å². The molecule has 0 amide bonds. The molecule has 9 atom stereocenters. The average molecular weight is 629 g/mol. The molecule has 0 radical (unpaired) electrons. The molecule has 9 nitrogen and oxygen atoms in total. The summed E-state index contributed by atoms with van der Waals surface area (Å²) in [5.41, 5.74) is -3.63. The normalized spacial score (nSPS) is 36.9. The molecular formula is C36H52O9. The van der Waals surface area contributed by atoms with Gasteiger partial charge in [-0.15, -0.1) is 0 Å². The summed E-state index contributed by atoms with van der Waals surface area (Å²) in [7, 11) is 0. The van der Waals surface area contributed by atoms with Crippen molar-refractivity contribution in [3.05, 3.63) is 11.1 Å². The van der Waals surface area contributed by atoms with Crippen molar-refractivity contribution in [3.8, 4) is 0 Å². The predicted molar refractivity (Wildman–Crippen MR) is 166 cm³/mol. The number of hydrogen-bond donors (Lipinski definition) is 1.